The minimum Gasteiger partial charge on any atom is -0.494 e. The van der Waals surface area contributed by atoms with E-state index in [1.807, 2.05) is 18.2 Å². The second-order valence-corrected chi connectivity index (χ2v) is 6.28. The van der Waals surface area contributed by atoms with E-state index >= 15 is 0 Å². The third-order valence-electron chi connectivity index (χ3n) is 4.33. The lowest BCUT2D eigenvalue weighted by atomic mass is 9.97. The summed E-state index contributed by atoms with van der Waals surface area (Å²) in [5, 5.41) is 4.19. The summed E-state index contributed by atoms with van der Waals surface area (Å²) in [6, 6.07) is 13.5. The largest absolute Gasteiger partial charge is 0.494 e. The molecule has 0 spiro atoms. The summed E-state index contributed by atoms with van der Waals surface area (Å²) in [4.78, 5) is 4.06. The maximum Gasteiger partial charge on any atom is 0.170 e. The van der Waals surface area contributed by atoms with Gasteiger partial charge in [-0.05, 0) is 36.2 Å². The standard InChI is InChI=1S/C20H24N4O2/c1-3-4-11-25-15-7-5-14(6-8-15)13(2)17-12-18(26-24-17)16-9-10-19(21)23-20(16)22/h5-10,12-13H,3-4,11H2,1-2H3,(H4,21,22,23). The third kappa shape index (κ3) is 3.96. The van der Waals surface area contributed by atoms with Crippen molar-refractivity contribution in [2.45, 2.75) is 32.6 Å². The SMILES string of the molecule is CCCCOc1ccc(C(C)c2cc(-c3ccc(N)nc3N)on2)cc1. The number of unbranched alkanes of at least 4 members (excludes halogenated alkanes) is 1. The molecule has 1 aromatic carbocycles. The number of aromatic nitrogens is 2. The van der Waals surface area contributed by atoms with Gasteiger partial charge in [0.2, 0.25) is 0 Å². The maximum atomic E-state index is 5.92. The topological polar surface area (TPSA) is 100 Å². The number of nitrogens with two attached hydrogens (primary N) is 2. The fourth-order valence-corrected chi connectivity index (χ4v) is 2.68. The molecular weight excluding hydrogens is 328 g/mol. The number of hydrogen-bond donors (Lipinski definition) is 2. The van der Waals surface area contributed by atoms with Crippen molar-refractivity contribution in [3.8, 4) is 17.1 Å². The highest BCUT2D eigenvalue weighted by Crippen LogP contribution is 2.31. The molecular formula is C20H24N4O2. The van der Waals surface area contributed by atoms with Gasteiger partial charge in [-0.3, -0.25) is 0 Å². The van der Waals surface area contributed by atoms with Crippen LogP contribution >= 0.6 is 0 Å². The quantitative estimate of drug-likeness (QED) is 0.617. The van der Waals surface area contributed by atoms with Crippen LogP contribution in [0.15, 0.2) is 47.0 Å². The lowest BCUT2D eigenvalue weighted by molar-refractivity contribution is 0.309. The number of nitrogens with zero attached hydrogens (tertiary/aromatic N) is 2. The Hall–Kier alpha value is -3.02. The molecule has 136 valence electrons. The number of rotatable bonds is 7. The van der Waals surface area contributed by atoms with Gasteiger partial charge in [-0.25, -0.2) is 4.98 Å². The van der Waals surface area contributed by atoms with E-state index in [4.69, 9.17) is 20.7 Å². The minimum absolute atomic E-state index is 0.0835. The molecule has 6 nitrogen and oxygen atoms in total. The predicted octanol–water partition coefficient (Wildman–Crippen LogP) is 4.23. The van der Waals surface area contributed by atoms with Crippen molar-refractivity contribution < 1.29 is 9.26 Å². The van der Waals surface area contributed by atoms with E-state index in [1.54, 1.807) is 12.1 Å². The molecule has 1 atom stereocenters. The molecule has 0 aliphatic carbocycles. The smallest absolute Gasteiger partial charge is 0.170 e. The molecule has 0 radical (unpaired) electrons. The van der Waals surface area contributed by atoms with Gasteiger partial charge in [-0.2, -0.15) is 0 Å². The van der Waals surface area contributed by atoms with Crippen molar-refractivity contribution in [2.75, 3.05) is 18.1 Å². The van der Waals surface area contributed by atoms with Gasteiger partial charge in [0.1, 0.15) is 17.4 Å². The van der Waals surface area contributed by atoms with Crippen LogP contribution < -0.4 is 16.2 Å². The summed E-state index contributed by atoms with van der Waals surface area (Å²) in [6.45, 7) is 4.97. The highest BCUT2D eigenvalue weighted by atomic mass is 16.5. The number of nitrogen functional groups attached to an aromatic ring is 2. The van der Waals surface area contributed by atoms with Crippen LogP contribution in [-0.4, -0.2) is 16.7 Å². The van der Waals surface area contributed by atoms with Crippen LogP contribution in [0.25, 0.3) is 11.3 Å². The zero-order chi connectivity index (χ0) is 18.5. The zero-order valence-electron chi connectivity index (χ0n) is 15.1. The molecule has 0 saturated heterocycles. The lowest BCUT2D eigenvalue weighted by Gasteiger charge is -2.10. The zero-order valence-corrected chi connectivity index (χ0v) is 15.1. The molecule has 26 heavy (non-hydrogen) atoms. The van der Waals surface area contributed by atoms with E-state index in [1.165, 1.54) is 0 Å². The summed E-state index contributed by atoms with van der Waals surface area (Å²) >= 11 is 0. The monoisotopic (exact) mass is 352 g/mol. The lowest BCUT2D eigenvalue weighted by Crippen LogP contribution is -1.99. The molecule has 0 aliphatic rings. The molecule has 0 saturated carbocycles. The van der Waals surface area contributed by atoms with Crippen LogP contribution in [0.3, 0.4) is 0 Å². The summed E-state index contributed by atoms with van der Waals surface area (Å²) in [6.07, 6.45) is 2.18. The molecule has 6 heteroatoms. The molecule has 3 aromatic rings. The Labute approximate surface area is 153 Å². The van der Waals surface area contributed by atoms with Crippen LogP contribution in [0.4, 0.5) is 11.6 Å². The van der Waals surface area contributed by atoms with Crippen molar-refractivity contribution in [1.29, 1.82) is 0 Å². The van der Waals surface area contributed by atoms with Crippen LogP contribution in [0.5, 0.6) is 5.75 Å². The number of hydrogen-bond acceptors (Lipinski definition) is 6. The van der Waals surface area contributed by atoms with Crippen LogP contribution in [-0.2, 0) is 0 Å². The summed E-state index contributed by atoms with van der Waals surface area (Å²) in [5.74, 6) is 2.25. The van der Waals surface area contributed by atoms with Gasteiger partial charge in [0.25, 0.3) is 0 Å². The van der Waals surface area contributed by atoms with Crippen molar-refractivity contribution in [1.82, 2.24) is 10.1 Å². The third-order valence-corrected chi connectivity index (χ3v) is 4.33. The highest BCUT2D eigenvalue weighted by molar-refractivity contribution is 5.71. The summed E-state index contributed by atoms with van der Waals surface area (Å²) in [5.41, 5.74) is 14.2. The minimum atomic E-state index is 0.0835. The Balaban J connectivity index is 1.74. The molecule has 0 bridgehead atoms. The second kappa shape index (κ2) is 7.91. The molecule has 4 N–H and O–H groups in total. The maximum absolute atomic E-state index is 5.92. The molecule has 2 aromatic heterocycles. The summed E-state index contributed by atoms with van der Waals surface area (Å²) < 4.78 is 11.2. The van der Waals surface area contributed by atoms with Gasteiger partial charge in [-0.15, -0.1) is 0 Å². The van der Waals surface area contributed by atoms with Gasteiger partial charge in [0, 0.05) is 12.0 Å². The second-order valence-electron chi connectivity index (χ2n) is 6.28. The first kappa shape index (κ1) is 17.8. The van der Waals surface area contributed by atoms with Gasteiger partial charge in [-0.1, -0.05) is 37.6 Å². The normalized spacial score (nSPS) is 12.1. The highest BCUT2D eigenvalue weighted by Gasteiger charge is 2.16. The van der Waals surface area contributed by atoms with E-state index in [-0.39, 0.29) is 5.92 Å². The summed E-state index contributed by atoms with van der Waals surface area (Å²) in [7, 11) is 0. The van der Waals surface area contributed by atoms with Gasteiger partial charge in [0.15, 0.2) is 5.76 Å². The molecule has 1 unspecified atom stereocenters. The Kier molecular flexibility index (Phi) is 5.41. The van der Waals surface area contributed by atoms with Crippen molar-refractivity contribution in [3.63, 3.8) is 0 Å². The molecule has 2 heterocycles. The first-order valence-corrected chi connectivity index (χ1v) is 8.80. The van der Waals surface area contributed by atoms with E-state index in [9.17, 15) is 0 Å². The molecule has 3 rings (SSSR count). The molecule has 0 aliphatic heterocycles. The van der Waals surface area contributed by atoms with Gasteiger partial charge in [0.05, 0.1) is 17.9 Å². The van der Waals surface area contributed by atoms with Gasteiger partial charge < -0.3 is 20.7 Å². The van der Waals surface area contributed by atoms with Crippen molar-refractivity contribution in [3.05, 3.63) is 53.7 Å². The van der Waals surface area contributed by atoms with E-state index in [0.717, 1.165) is 36.5 Å². The Bertz CT molecular complexity index is 859. The Morgan fingerprint density at radius 1 is 1.12 bits per heavy atom. The predicted molar refractivity (Wildman–Crippen MR) is 103 cm³/mol. The van der Waals surface area contributed by atoms with E-state index in [0.29, 0.717) is 23.0 Å². The fraction of sp³-hybridized carbons (Fsp3) is 0.300. The van der Waals surface area contributed by atoms with Crippen LogP contribution in [0.1, 0.15) is 43.9 Å². The molecule has 0 fully saturated rings. The van der Waals surface area contributed by atoms with Gasteiger partial charge >= 0.3 is 0 Å². The molecule has 0 amide bonds. The van der Waals surface area contributed by atoms with E-state index < -0.39 is 0 Å². The van der Waals surface area contributed by atoms with Crippen molar-refractivity contribution >= 4 is 11.6 Å². The van der Waals surface area contributed by atoms with Crippen LogP contribution in [0.2, 0.25) is 0 Å². The Morgan fingerprint density at radius 3 is 2.58 bits per heavy atom. The number of anilines is 2. The Morgan fingerprint density at radius 2 is 1.88 bits per heavy atom. The average molecular weight is 352 g/mol. The fourth-order valence-electron chi connectivity index (χ4n) is 2.68. The first-order valence-electron chi connectivity index (χ1n) is 8.80. The number of benzene rings is 1. The van der Waals surface area contributed by atoms with Crippen LogP contribution in [0, 0.1) is 0 Å². The number of ether oxygens (including phenoxy) is 1. The first-order chi connectivity index (χ1) is 12.6. The van der Waals surface area contributed by atoms with Crippen molar-refractivity contribution in [2.24, 2.45) is 0 Å². The van der Waals surface area contributed by atoms with E-state index in [2.05, 4.69) is 36.1 Å². The average Bonchev–Trinajstić information content (AvgIpc) is 3.12. The number of pyridine rings is 1.